The van der Waals surface area contributed by atoms with E-state index < -0.39 is 0 Å². The van der Waals surface area contributed by atoms with Crippen LogP contribution in [0.1, 0.15) is 36.0 Å². The molecule has 2 aliphatic rings. The highest BCUT2D eigenvalue weighted by Crippen LogP contribution is 2.36. The smallest absolute Gasteiger partial charge is 0.251 e. The van der Waals surface area contributed by atoms with Gasteiger partial charge < -0.3 is 10.2 Å². The third-order valence-corrected chi connectivity index (χ3v) is 5.82. The van der Waals surface area contributed by atoms with Crippen LogP contribution >= 0.6 is 23.2 Å². The molecule has 0 radical (unpaired) electrons. The first-order valence-electron chi connectivity index (χ1n) is 7.97. The second-order valence-corrected chi connectivity index (χ2v) is 7.50. The number of halogens is 2. The third-order valence-electron chi connectivity index (χ3n) is 5.08. The zero-order valence-corrected chi connectivity index (χ0v) is 14.3. The Morgan fingerprint density at radius 2 is 2.00 bits per heavy atom. The molecule has 3 atom stereocenters. The summed E-state index contributed by atoms with van der Waals surface area (Å²) in [5, 5.41) is 4.07. The molecule has 3 rings (SSSR count). The van der Waals surface area contributed by atoms with E-state index >= 15 is 0 Å². The van der Waals surface area contributed by atoms with Crippen LogP contribution in [-0.4, -0.2) is 37.0 Å². The molecule has 1 aliphatic carbocycles. The van der Waals surface area contributed by atoms with Crippen molar-refractivity contribution in [2.75, 3.05) is 20.1 Å². The van der Waals surface area contributed by atoms with Gasteiger partial charge in [0.25, 0.3) is 5.91 Å². The molecule has 3 nitrogen and oxygen atoms in total. The summed E-state index contributed by atoms with van der Waals surface area (Å²) in [6.07, 6.45) is 4.63. The van der Waals surface area contributed by atoms with Gasteiger partial charge in [0.2, 0.25) is 0 Å². The molecule has 1 heterocycles. The predicted molar refractivity (Wildman–Crippen MR) is 90.7 cm³/mol. The minimum atomic E-state index is -0.0463. The van der Waals surface area contributed by atoms with Crippen LogP contribution in [0, 0.1) is 11.8 Å². The normalized spacial score (nSPS) is 29.0. The molecule has 120 valence electrons. The largest absolute Gasteiger partial charge is 0.349 e. The van der Waals surface area contributed by atoms with Crippen molar-refractivity contribution in [2.24, 2.45) is 11.8 Å². The van der Waals surface area contributed by atoms with Crippen molar-refractivity contribution in [3.8, 4) is 0 Å². The Morgan fingerprint density at radius 3 is 2.77 bits per heavy atom. The Labute approximate surface area is 142 Å². The van der Waals surface area contributed by atoms with Crippen molar-refractivity contribution in [3.05, 3.63) is 33.8 Å². The zero-order valence-electron chi connectivity index (χ0n) is 12.8. The SMILES string of the molecule is CN1CC[C@@H]2CC(NC(=O)c3ccc(Cl)c(Cl)c3)CC[C@H]2C1. The maximum Gasteiger partial charge on any atom is 0.251 e. The van der Waals surface area contributed by atoms with Gasteiger partial charge in [-0.05, 0) is 69.3 Å². The van der Waals surface area contributed by atoms with Gasteiger partial charge in [-0.3, -0.25) is 4.79 Å². The first kappa shape index (κ1) is 16.1. The van der Waals surface area contributed by atoms with Gasteiger partial charge in [-0.15, -0.1) is 0 Å². The van der Waals surface area contributed by atoms with Gasteiger partial charge in [0.15, 0.2) is 0 Å². The number of hydrogen-bond acceptors (Lipinski definition) is 2. The van der Waals surface area contributed by atoms with Crippen molar-refractivity contribution < 1.29 is 4.79 Å². The molecule has 1 aliphatic heterocycles. The summed E-state index contributed by atoms with van der Waals surface area (Å²) in [5.74, 6) is 1.51. The fourth-order valence-corrected chi connectivity index (χ4v) is 4.13. The van der Waals surface area contributed by atoms with Crippen molar-refractivity contribution in [2.45, 2.75) is 31.7 Å². The highest BCUT2D eigenvalue weighted by atomic mass is 35.5. The van der Waals surface area contributed by atoms with E-state index in [0.29, 0.717) is 15.6 Å². The average molecular weight is 341 g/mol. The number of carbonyl (C=O) groups excluding carboxylic acids is 1. The average Bonchev–Trinajstić information content (AvgIpc) is 2.50. The number of hydrogen-bond donors (Lipinski definition) is 1. The van der Waals surface area contributed by atoms with Crippen LogP contribution in [0.25, 0.3) is 0 Å². The molecule has 1 saturated heterocycles. The number of nitrogens with zero attached hydrogens (tertiary/aromatic N) is 1. The van der Waals surface area contributed by atoms with Crippen molar-refractivity contribution >= 4 is 29.1 Å². The molecular weight excluding hydrogens is 319 g/mol. The minimum Gasteiger partial charge on any atom is -0.349 e. The molecule has 5 heteroatoms. The Morgan fingerprint density at radius 1 is 1.18 bits per heavy atom. The van der Waals surface area contributed by atoms with Gasteiger partial charge in [0.1, 0.15) is 0 Å². The summed E-state index contributed by atoms with van der Waals surface area (Å²) in [5.41, 5.74) is 0.583. The number of piperidine rings is 1. The highest BCUT2D eigenvalue weighted by molar-refractivity contribution is 6.42. The Balaban J connectivity index is 1.59. The van der Waals surface area contributed by atoms with E-state index in [-0.39, 0.29) is 11.9 Å². The Bertz CT molecular complexity index is 564. The van der Waals surface area contributed by atoms with E-state index in [4.69, 9.17) is 23.2 Å². The quantitative estimate of drug-likeness (QED) is 0.886. The van der Waals surface area contributed by atoms with E-state index in [0.717, 1.165) is 24.7 Å². The molecule has 0 bridgehead atoms. The number of fused-ring (bicyclic) bond motifs is 1. The lowest BCUT2D eigenvalue weighted by Crippen LogP contribution is -2.46. The van der Waals surface area contributed by atoms with Crippen LogP contribution in [0.5, 0.6) is 0 Å². The molecule has 1 saturated carbocycles. The third kappa shape index (κ3) is 3.58. The lowest BCUT2D eigenvalue weighted by Gasteiger charge is -2.42. The Kier molecular flexibility index (Phi) is 4.96. The van der Waals surface area contributed by atoms with Crippen LogP contribution in [-0.2, 0) is 0 Å². The number of benzene rings is 1. The van der Waals surface area contributed by atoms with Gasteiger partial charge in [0, 0.05) is 18.2 Å². The van der Waals surface area contributed by atoms with Crippen LogP contribution in [0.2, 0.25) is 10.0 Å². The summed E-state index contributed by atoms with van der Waals surface area (Å²) in [7, 11) is 2.20. The fourth-order valence-electron chi connectivity index (χ4n) is 3.84. The Hall–Kier alpha value is -0.770. The van der Waals surface area contributed by atoms with Crippen LogP contribution in [0.3, 0.4) is 0 Å². The van der Waals surface area contributed by atoms with Crippen LogP contribution in [0.15, 0.2) is 18.2 Å². The number of likely N-dealkylation sites (tertiary alicyclic amines) is 1. The molecule has 0 spiro atoms. The molecule has 1 aromatic carbocycles. The standard InChI is InChI=1S/C17H22Cl2N2O/c1-21-7-6-11-8-14(4-2-13(11)10-21)20-17(22)12-3-5-15(18)16(19)9-12/h3,5,9,11,13-14H,2,4,6-8,10H2,1H3,(H,20,22)/t11-,13+,14?/m1/s1. The van der Waals surface area contributed by atoms with Gasteiger partial charge in [-0.2, -0.15) is 0 Å². The lowest BCUT2D eigenvalue weighted by molar-refractivity contribution is 0.0771. The topological polar surface area (TPSA) is 32.3 Å². The van der Waals surface area contributed by atoms with E-state index in [9.17, 15) is 4.79 Å². The van der Waals surface area contributed by atoms with Gasteiger partial charge in [-0.1, -0.05) is 23.2 Å². The molecule has 22 heavy (non-hydrogen) atoms. The zero-order chi connectivity index (χ0) is 15.7. The van der Waals surface area contributed by atoms with E-state index in [2.05, 4.69) is 17.3 Å². The molecular formula is C17H22Cl2N2O. The number of amides is 1. The number of carbonyl (C=O) groups is 1. The van der Waals surface area contributed by atoms with Crippen molar-refractivity contribution in [1.29, 1.82) is 0 Å². The minimum absolute atomic E-state index is 0.0463. The molecule has 1 aromatic rings. The number of nitrogens with one attached hydrogen (secondary N) is 1. The first-order valence-corrected chi connectivity index (χ1v) is 8.73. The van der Waals surface area contributed by atoms with Gasteiger partial charge in [-0.25, -0.2) is 0 Å². The van der Waals surface area contributed by atoms with Crippen molar-refractivity contribution in [3.63, 3.8) is 0 Å². The molecule has 2 fully saturated rings. The first-order chi connectivity index (χ1) is 10.5. The summed E-state index contributed by atoms with van der Waals surface area (Å²) >= 11 is 11.9. The lowest BCUT2D eigenvalue weighted by atomic mass is 9.73. The second-order valence-electron chi connectivity index (χ2n) is 6.68. The monoisotopic (exact) mass is 340 g/mol. The van der Waals surface area contributed by atoms with E-state index in [1.807, 2.05) is 0 Å². The summed E-state index contributed by atoms with van der Waals surface area (Å²) in [6.45, 7) is 2.38. The van der Waals surface area contributed by atoms with Gasteiger partial charge >= 0.3 is 0 Å². The van der Waals surface area contributed by atoms with E-state index in [1.54, 1.807) is 18.2 Å². The second kappa shape index (κ2) is 6.77. The summed E-state index contributed by atoms with van der Waals surface area (Å²) in [4.78, 5) is 14.8. The van der Waals surface area contributed by atoms with Crippen LogP contribution in [0.4, 0.5) is 0 Å². The van der Waals surface area contributed by atoms with Gasteiger partial charge in [0.05, 0.1) is 10.0 Å². The summed E-state index contributed by atoms with van der Waals surface area (Å²) in [6, 6.07) is 5.32. The highest BCUT2D eigenvalue weighted by Gasteiger charge is 2.34. The molecule has 0 aromatic heterocycles. The fraction of sp³-hybridized carbons (Fsp3) is 0.588. The maximum atomic E-state index is 12.4. The molecule has 1 amide bonds. The number of rotatable bonds is 2. The maximum absolute atomic E-state index is 12.4. The van der Waals surface area contributed by atoms with E-state index in [1.165, 1.54) is 25.9 Å². The summed E-state index contributed by atoms with van der Waals surface area (Å²) < 4.78 is 0. The predicted octanol–water partition coefficient (Wildman–Crippen LogP) is 3.84. The van der Waals surface area contributed by atoms with Crippen molar-refractivity contribution in [1.82, 2.24) is 10.2 Å². The molecule has 1 unspecified atom stereocenters. The van der Waals surface area contributed by atoms with Crippen LogP contribution < -0.4 is 5.32 Å². The molecule has 1 N–H and O–H groups in total.